The molecule has 0 heterocycles. The van der Waals surface area contributed by atoms with Crippen LogP contribution >= 0.6 is 10.7 Å². The Hall–Kier alpha value is -0.790. The molecule has 1 aromatic carbocycles. The third-order valence-corrected chi connectivity index (χ3v) is 4.40. The van der Waals surface area contributed by atoms with Crippen LogP contribution in [-0.2, 0) is 18.9 Å². The molecule has 18 heavy (non-hydrogen) atoms. The Bertz CT molecular complexity index is 634. The SMILES string of the molecule is Cc1cc(S(=O)(=O)Cl)ccc1OCCS(C)(=O)=O. The van der Waals surface area contributed by atoms with Gasteiger partial charge in [-0.05, 0) is 30.7 Å². The molecule has 0 aromatic heterocycles. The lowest BCUT2D eigenvalue weighted by molar-refractivity contribution is 0.338. The number of halogens is 1. The maximum Gasteiger partial charge on any atom is 0.261 e. The molecule has 0 aliphatic rings. The summed E-state index contributed by atoms with van der Waals surface area (Å²) in [7, 11) is -1.65. The minimum atomic E-state index is -3.77. The Morgan fingerprint density at radius 3 is 2.28 bits per heavy atom. The molecular weight excluding hydrogens is 300 g/mol. The van der Waals surface area contributed by atoms with E-state index in [4.69, 9.17) is 15.4 Å². The minimum absolute atomic E-state index is 0.0165. The van der Waals surface area contributed by atoms with E-state index in [1.807, 2.05) is 0 Å². The van der Waals surface area contributed by atoms with Gasteiger partial charge in [0, 0.05) is 16.9 Å². The van der Waals surface area contributed by atoms with Crippen LogP contribution in [0.1, 0.15) is 5.56 Å². The Balaban J connectivity index is 2.81. The Kier molecular flexibility index (Phi) is 4.63. The maximum atomic E-state index is 11.1. The van der Waals surface area contributed by atoms with E-state index in [-0.39, 0.29) is 17.3 Å². The van der Waals surface area contributed by atoms with Crippen LogP contribution in [0.15, 0.2) is 23.1 Å². The minimum Gasteiger partial charge on any atom is -0.492 e. The van der Waals surface area contributed by atoms with Crippen molar-refractivity contribution < 1.29 is 21.6 Å². The van der Waals surface area contributed by atoms with Crippen LogP contribution in [0.25, 0.3) is 0 Å². The molecule has 0 spiro atoms. The molecule has 1 aromatic rings. The molecule has 102 valence electrons. The molecule has 0 amide bonds. The van der Waals surface area contributed by atoms with Gasteiger partial charge in [-0.1, -0.05) is 0 Å². The lowest BCUT2D eigenvalue weighted by Crippen LogP contribution is -2.12. The third-order valence-electron chi connectivity index (χ3n) is 2.14. The maximum absolute atomic E-state index is 11.1. The Morgan fingerprint density at radius 1 is 1.22 bits per heavy atom. The van der Waals surface area contributed by atoms with Gasteiger partial charge in [0.2, 0.25) is 0 Å². The summed E-state index contributed by atoms with van der Waals surface area (Å²) in [5, 5.41) is 0. The number of hydrogen-bond acceptors (Lipinski definition) is 5. The van der Waals surface area contributed by atoms with Crippen LogP contribution in [0, 0.1) is 6.92 Å². The van der Waals surface area contributed by atoms with Crippen LogP contribution in [0.5, 0.6) is 5.75 Å². The molecule has 0 saturated heterocycles. The zero-order valence-electron chi connectivity index (χ0n) is 9.88. The Morgan fingerprint density at radius 2 is 1.83 bits per heavy atom. The molecule has 0 bridgehead atoms. The highest BCUT2D eigenvalue weighted by atomic mass is 35.7. The summed E-state index contributed by atoms with van der Waals surface area (Å²) in [6, 6.07) is 4.14. The molecule has 0 fully saturated rings. The van der Waals surface area contributed by atoms with Gasteiger partial charge in [0.25, 0.3) is 9.05 Å². The van der Waals surface area contributed by atoms with Crippen molar-refractivity contribution in [1.29, 1.82) is 0 Å². The quantitative estimate of drug-likeness (QED) is 0.767. The van der Waals surface area contributed by atoms with Crippen LogP contribution in [0.2, 0.25) is 0 Å². The summed E-state index contributed by atoms with van der Waals surface area (Å²) >= 11 is 0. The van der Waals surface area contributed by atoms with Crippen molar-refractivity contribution in [3.8, 4) is 5.75 Å². The number of benzene rings is 1. The van der Waals surface area contributed by atoms with Gasteiger partial charge in [-0.2, -0.15) is 0 Å². The van der Waals surface area contributed by atoms with Gasteiger partial charge in [-0.15, -0.1) is 0 Å². The van der Waals surface area contributed by atoms with Gasteiger partial charge < -0.3 is 4.74 Å². The van der Waals surface area contributed by atoms with Crippen LogP contribution in [0.3, 0.4) is 0 Å². The highest BCUT2D eigenvalue weighted by Crippen LogP contribution is 2.23. The molecule has 5 nitrogen and oxygen atoms in total. The van der Waals surface area contributed by atoms with Crippen molar-refractivity contribution in [2.24, 2.45) is 0 Å². The van der Waals surface area contributed by atoms with E-state index in [0.717, 1.165) is 6.26 Å². The number of sulfone groups is 1. The second-order valence-electron chi connectivity index (χ2n) is 3.84. The molecule has 0 atom stereocenters. The topological polar surface area (TPSA) is 77.5 Å². The third kappa shape index (κ3) is 4.83. The predicted octanol–water partition coefficient (Wildman–Crippen LogP) is 1.35. The number of ether oxygens (including phenoxy) is 1. The zero-order chi connectivity index (χ0) is 14.0. The number of rotatable bonds is 5. The van der Waals surface area contributed by atoms with Crippen molar-refractivity contribution in [1.82, 2.24) is 0 Å². The number of aryl methyl sites for hydroxylation is 1. The van der Waals surface area contributed by atoms with E-state index >= 15 is 0 Å². The van der Waals surface area contributed by atoms with Crippen LogP contribution < -0.4 is 4.74 Å². The fourth-order valence-corrected chi connectivity index (χ4v) is 2.46. The normalized spacial score (nSPS) is 12.4. The van der Waals surface area contributed by atoms with E-state index in [1.54, 1.807) is 6.92 Å². The highest BCUT2D eigenvalue weighted by Gasteiger charge is 2.12. The van der Waals surface area contributed by atoms with Crippen LogP contribution in [0.4, 0.5) is 0 Å². The standard InChI is InChI=1S/C10H13ClO5S2/c1-8-7-9(18(11,14)15)3-4-10(8)16-5-6-17(2,12)13/h3-4,7H,5-6H2,1-2H3. The summed E-state index contributed by atoms with van der Waals surface area (Å²) < 4.78 is 49.3. The summed E-state index contributed by atoms with van der Waals surface area (Å²) in [5.41, 5.74) is 0.574. The average molecular weight is 313 g/mol. The summed E-state index contributed by atoms with van der Waals surface area (Å²) in [4.78, 5) is -0.0165. The van der Waals surface area contributed by atoms with Gasteiger partial charge in [0.05, 0.1) is 10.6 Å². The molecular formula is C10H13ClO5S2. The molecule has 0 unspecified atom stereocenters. The van der Waals surface area contributed by atoms with E-state index in [1.165, 1.54) is 18.2 Å². The van der Waals surface area contributed by atoms with Crippen LogP contribution in [-0.4, -0.2) is 35.5 Å². The average Bonchev–Trinajstić information content (AvgIpc) is 2.17. The van der Waals surface area contributed by atoms with Gasteiger partial charge in [0.15, 0.2) is 9.84 Å². The summed E-state index contributed by atoms with van der Waals surface area (Å²) in [5.74, 6) is 0.338. The first kappa shape index (κ1) is 15.3. The van der Waals surface area contributed by atoms with Crippen molar-refractivity contribution in [3.63, 3.8) is 0 Å². The predicted molar refractivity (Wildman–Crippen MR) is 69.4 cm³/mol. The number of hydrogen-bond donors (Lipinski definition) is 0. The van der Waals surface area contributed by atoms with E-state index in [0.29, 0.717) is 11.3 Å². The molecule has 0 saturated carbocycles. The van der Waals surface area contributed by atoms with E-state index in [2.05, 4.69) is 0 Å². The lowest BCUT2D eigenvalue weighted by Gasteiger charge is -2.09. The molecule has 0 radical (unpaired) electrons. The first-order valence-electron chi connectivity index (χ1n) is 4.95. The van der Waals surface area contributed by atoms with Crippen molar-refractivity contribution in [2.45, 2.75) is 11.8 Å². The van der Waals surface area contributed by atoms with Crippen molar-refractivity contribution >= 4 is 29.6 Å². The van der Waals surface area contributed by atoms with Gasteiger partial charge in [0.1, 0.15) is 12.4 Å². The van der Waals surface area contributed by atoms with Gasteiger partial charge in [-0.3, -0.25) is 0 Å². The molecule has 0 aliphatic heterocycles. The first-order chi connectivity index (χ1) is 8.09. The molecule has 8 heteroatoms. The largest absolute Gasteiger partial charge is 0.492 e. The molecule has 1 rings (SSSR count). The fraction of sp³-hybridized carbons (Fsp3) is 0.400. The second-order valence-corrected chi connectivity index (χ2v) is 8.67. The Labute approximate surface area is 111 Å². The smallest absolute Gasteiger partial charge is 0.261 e. The molecule has 0 aliphatic carbocycles. The van der Waals surface area contributed by atoms with Gasteiger partial charge in [-0.25, -0.2) is 16.8 Å². The van der Waals surface area contributed by atoms with E-state index < -0.39 is 18.9 Å². The summed E-state index contributed by atoms with van der Waals surface area (Å²) in [6.07, 6.45) is 1.12. The summed E-state index contributed by atoms with van der Waals surface area (Å²) in [6.45, 7) is 1.67. The van der Waals surface area contributed by atoms with Crippen molar-refractivity contribution in [2.75, 3.05) is 18.6 Å². The van der Waals surface area contributed by atoms with Gasteiger partial charge >= 0.3 is 0 Å². The monoisotopic (exact) mass is 312 g/mol. The zero-order valence-corrected chi connectivity index (χ0v) is 12.3. The van der Waals surface area contributed by atoms with Crippen molar-refractivity contribution in [3.05, 3.63) is 23.8 Å². The highest BCUT2D eigenvalue weighted by molar-refractivity contribution is 8.13. The van der Waals surface area contributed by atoms with E-state index in [9.17, 15) is 16.8 Å². The second kappa shape index (κ2) is 5.46. The first-order valence-corrected chi connectivity index (χ1v) is 9.32. The molecule has 0 N–H and O–H groups in total. The fourth-order valence-electron chi connectivity index (χ4n) is 1.24. The lowest BCUT2D eigenvalue weighted by atomic mass is 10.2.